The van der Waals surface area contributed by atoms with Crippen LogP contribution in [-0.4, -0.2) is 63.2 Å². The number of aliphatic imine (C=N–C) groups is 1. The van der Waals surface area contributed by atoms with Crippen molar-refractivity contribution in [2.75, 3.05) is 42.0 Å². The van der Waals surface area contributed by atoms with E-state index >= 15 is 0 Å². The average Bonchev–Trinajstić information content (AvgIpc) is 3.49. The molecule has 1 amide bonds. The number of methoxy groups -OCH3 is 1. The molecule has 2 aromatic rings. The normalized spacial score (nSPS) is 17.1. The third kappa shape index (κ3) is 6.41. The first-order valence-electron chi connectivity index (χ1n) is 12.9. The van der Waals surface area contributed by atoms with E-state index in [9.17, 15) is 18.3 Å². The Morgan fingerprint density at radius 2 is 1.90 bits per heavy atom. The number of likely N-dealkylation sites (N-methyl/N-ethyl adjacent to an activating group) is 1. The van der Waals surface area contributed by atoms with Gasteiger partial charge in [-0.05, 0) is 47.7 Å². The Morgan fingerprint density at radius 3 is 2.49 bits per heavy atom. The van der Waals surface area contributed by atoms with Crippen molar-refractivity contribution in [3.8, 4) is 5.75 Å². The van der Waals surface area contributed by atoms with Crippen molar-refractivity contribution in [1.29, 1.82) is 0 Å². The second-order valence-electron chi connectivity index (χ2n) is 11.1. The number of carbonyl (C=O) groups is 1. The van der Waals surface area contributed by atoms with Gasteiger partial charge in [0.25, 0.3) is 5.91 Å². The maximum atomic E-state index is 13.5. The molecule has 0 aromatic heterocycles. The summed E-state index contributed by atoms with van der Waals surface area (Å²) in [4.78, 5) is 19.7. The van der Waals surface area contributed by atoms with E-state index in [0.717, 1.165) is 28.8 Å². The zero-order valence-corrected chi connectivity index (χ0v) is 25.1. The number of aryl methyl sites for hydroxylation is 1. The molecule has 12 nitrogen and oxygen atoms in total. The average molecular weight is 584 g/mol. The molecule has 0 aliphatic carbocycles. The van der Waals surface area contributed by atoms with Gasteiger partial charge in [-0.1, -0.05) is 33.4 Å². The topological polar surface area (TPSA) is 148 Å². The lowest BCUT2D eigenvalue weighted by atomic mass is 9.86. The number of rotatable bonds is 8. The van der Waals surface area contributed by atoms with E-state index in [-0.39, 0.29) is 28.7 Å². The Labute approximate surface area is 240 Å². The number of hydrazine groups is 2. The van der Waals surface area contributed by atoms with Crippen molar-refractivity contribution in [3.63, 3.8) is 0 Å². The number of aliphatic hydroxyl groups is 1. The molecule has 0 radical (unpaired) electrons. The smallest absolute Gasteiger partial charge is 0.255 e. The maximum absolute atomic E-state index is 13.5. The molecule has 0 saturated heterocycles. The highest BCUT2D eigenvalue weighted by Crippen LogP contribution is 2.39. The lowest BCUT2D eigenvalue weighted by Crippen LogP contribution is -2.42. The van der Waals surface area contributed by atoms with Crippen LogP contribution in [0.15, 0.2) is 59.6 Å². The van der Waals surface area contributed by atoms with E-state index in [1.807, 2.05) is 51.9 Å². The number of anilines is 3. The van der Waals surface area contributed by atoms with Gasteiger partial charge in [-0.25, -0.2) is 8.42 Å². The van der Waals surface area contributed by atoms with Crippen LogP contribution in [0.4, 0.5) is 17.1 Å². The van der Waals surface area contributed by atoms with Crippen LogP contribution in [0, 0.1) is 6.92 Å². The number of hydrogen-bond acceptors (Lipinski definition) is 10. The van der Waals surface area contributed by atoms with E-state index in [4.69, 9.17) is 4.74 Å². The van der Waals surface area contributed by atoms with Crippen molar-refractivity contribution in [1.82, 2.24) is 15.9 Å². The number of amides is 1. The largest absolute Gasteiger partial charge is 0.505 e. The van der Waals surface area contributed by atoms with E-state index in [1.54, 1.807) is 29.3 Å². The molecular weight excluding hydrogens is 546 g/mol. The van der Waals surface area contributed by atoms with Gasteiger partial charge >= 0.3 is 0 Å². The molecule has 1 unspecified atom stereocenters. The summed E-state index contributed by atoms with van der Waals surface area (Å²) in [5, 5.41) is 14.5. The summed E-state index contributed by atoms with van der Waals surface area (Å²) >= 11 is 0. The lowest BCUT2D eigenvalue weighted by molar-refractivity contribution is 0.102. The number of amidine groups is 1. The summed E-state index contributed by atoms with van der Waals surface area (Å²) in [6.45, 7) is 11.9. The van der Waals surface area contributed by atoms with Gasteiger partial charge in [0.2, 0.25) is 10.0 Å². The van der Waals surface area contributed by atoms with Gasteiger partial charge in [0, 0.05) is 18.8 Å². The van der Waals surface area contributed by atoms with Gasteiger partial charge < -0.3 is 25.5 Å². The van der Waals surface area contributed by atoms with Crippen molar-refractivity contribution in [2.45, 2.75) is 39.2 Å². The van der Waals surface area contributed by atoms with Gasteiger partial charge in [0.05, 0.1) is 48.7 Å². The minimum absolute atomic E-state index is 0.0862. The molecule has 2 aliphatic heterocycles. The molecule has 0 fully saturated rings. The number of nitrogens with one attached hydrogen (secondary N) is 4. The van der Waals surface area contributed by atoms with Crippen LogP contribution >= 0.6 is 0 Å². The summed E-state index contributed by atoms with van der Waals surface area (Å²) in [6, 6.07) is 8.68. The second kappa shape index (κ2) is 11.0. The number of carbonyl (C=O) groups excluding carboxylic acids is 1. The highest BCUT2D eigenvalue weighted by molar-refractivity contribution is 7.92. The molecule has 0 saturated carbocycles. The number of nitrogens with zero attached hydrogens (tertiary/aromatic N) is 3. The molecule has 4 rings (SSSR count). The maximum Gasteiger partial charge on any atom is 0.255 e. The number of sulfonamides is 1. The lowest BCUT2D eigenvalue weighted by Gasteiger charge is -2.24. The first-order chi connectivity index (χ1) is 19.1. The number of hydrogen-bond donors (Lipinski definition) is 5. The Bertz CT molecular complexity index is 1560. The Morgan fingerprint density at radius 1 is 1.22 bits per heavy atom. The van der Waals surface area contributed by atoms with E-state index in [1.165, 1.54) is 7.11 Å². The highest BCUT2D eigenvalue weighted by Gasteiger charge is 2.32. The summed E-state index contributed by atoms with van der Waals surface area (Å²) in [6.07, 6.45) is 2.94. The van der Waals surface area contributed by atoms with Crippen LogP contribution in [0.25, 0.3) is 0 Å². The molecule has 1 atom stereocenters. The van der Waals surface area contributed by atoms with Crippen LogP contribution in [0.1, 0.15) is 42.3 Å². The summed E-state index contributed by atoms with van der Waals surface area (Å²) in [5.74, 6) is 0.158. The van der Waals surface area contributed by atoms with Gasteiger partial charge in [-0.3, -0.25) is 19.5 Å². The van der Waals surface area contributed by atoms with Gasteiger partial charge in [-0.2, -0.15) is 0 Å². The summed E-state index contributed by atoms with van der Waals surface area (Å²) < 4.78 is 32.1. The van der Waals surface area contributed by atoms with Crippen LogP contribution in [0.5, 0.6) is 5.75 Å². The van der Waals surface area contributed by atoms with Gasteiger partial charge in [0.1, 0.15) is 0 Å². The molecule has 41 heavy (non-hydrogen) atoms. The minimum Gasteiger partial charge on any atom is -0.505 e. The molecule has 0 bridgehead atoms. The van der Waals surface area contributed by atoms with E-state index in [2.05, 4.69) is 32.6 Å². The highest BCUT2D eigenvalue weighted by atomic mass is 32.2. The monoisotopic (exact) mass is 583 g/mol. The number of aliphatic hydroxyl groups excluding tert-OH is 1. The number of benzene rings is 2. The van der Waals surface area contributed by atoms with Crippen LogP contribution in [0.2, 0.25) is 0 Å². The summed E-state index contributed by atoms with van der Waals surface area (Å²) in [7, 11) is -0.354. The van der Waals surface area contributed by atoms with E-state index < -0.39 is 15.9 Å². The molecule has 5 N–H and O–H groups in total. The zero-order chi connectivity index (χ0) is 30.3. The SMILES string of the molecule is C=C(O)C1=NCC(C2=CN(c3cc(C(=O)Nc4cc(C(C)(C)C)cc(NS(C)(=O)=O)c4OC)ccc3C)NN2)N1C. The molecule has 2 aromatic carbocycles. The standard InChI is InChI=1S/C28H37N7O5S/c1-16-9-10-18(11-23(16)35-15-22(31-33-35)24-14-29-26(17(2)36)34(24)6)27(37)30-20-12-19(28(3,4)5)13-21(25(20)40-7)32-41(8,38)39/h9-13,15,24,31-33,36H,2,14H2,1,3-8H3,(H,30,37). The van der Waals surface area contributed by atoms with Crippen molar-refractivity contribution >= 4 is 38.8 Å². The second-order valence-corrected chi connectivity index (χ2v) is 12.9. The van der Waals surface area contributed by atoms with Gasteiger partial charge in [0.15, 0.2) is 17.3 Å². The molecule has 2 heterocycles. The summed E-state index contributed by atoms with van der Waals surface area (Å²) in [5.41, 5.74) is 10.2. The van der Waals surface area contributed by atoms with Gasteiger partial charge in [-0.15, -0.1) is 5.53 Å². The van der Waals surface area contributed by atoms with Crippen molar-refractivity contribution in [3.05, 3.63) is 71.3 Å². The van der Waals surface area contributed by atoms with Crippen LogP contribution in [-0.2, 0) is 15.4 Å². The molecule has 13 heteroatoms. The molecular formula is C28H37N7O5S. The quantitative estimate of drug-likeness (QED) is 0.295. The molecule has 0 spiro atoms. The van der Waals surface area contributed by atoms with Crippen LogP contribution < -0.4 is 30.7 Å². The predicted octanol–water partition coefficient (Wildman–Crippen LogP) is 3.38. The molecule has 220 valence electrons. The van der Waals surface area contributed by atoms with Crippen molar-refractivity contribution in [2.24, 2.45) is 4.99 Å². The minimum atomic E-state index is -3.60. The van der Waals surface area contributed by atoms with Crippen molar-refractivity contribution < 1.29 is 23.1 Å². The van der Waals surface area contributed by atoms with Crippen LogP contribution in [0.3, 0.4) is 0 Å². The fourth-order valence-corrected chi connectivity index (χ4v) is 5.19. The Hall–Kier alpha value is -4.23. The third-order valence-corrected chi connectivity index (χ3v) is 7.45. The first-order valence-corrected chi connectivity index (χ1v) is 14.8. The fraction of sp³-hybridized carbons (Fsp3) is 0.357. The fourth-order valence-electron chi connectivity index (χ4n) is 4.64. The zero-order valence-electron chi connectivity index (χ0n) is 24.3. The van der Waals surface area contributed by atoms with E-state index in [0.29, 0.717) is 23.6 Å². The molecule has 2 aliphatic rings. The Kier molecular flexibility index (Phi) is 7.96. The Balaban J connectivity index is 1.63. The first kappa shape index (κ1) is 29.7. The predicted molar refractivity (Wildman–Crippen MR) is 162 cm³/mol. The number of ether oxygens (including phenoxy) is 1. The third-order valence-electron chi connectivity index (χ3n) is 6.86.